The summed E-state index contributed by atoms with van der Waals surface area (Å²) in [5.41, 5.74) is -4.64. The van der Waals surface area contributed by atoms with Gasteiger partial charge in [-0.25, -0.2) is 0 Å². The second kappa shape index (κ2) is 8.51. The molecule has 1 unspecified atom stereocenters. The average Bonchev–Trinajstić information content (AvgIpc) is 2.84. The summed E-state index contributed by atoms with van der Waals surface area (Å²) < 4.78 is 53.6. The van der Waals surface area contributed by atoms with Crippen LogP contribution in [-0.4, -0.2) is 42.1 Å². The summed E-state index contributed by atoms with van der Waals surface area (Å²) in [6.07, 6.45) is -3.05. The normalized spacial score (nSPS) is 20.1. The predicted octanol–water partition coefficient (Wildman–Crippen LogP) is 3.35. The van der Waals surface area contributed by atoms with Crippen LogP contribution in [0.15, 0.2) is 18.2 Å². The maximum Gasteiger partial charge on any atom is 0.495 e. The molecular weight excluding hydrogens is 398 g/mol. The third-order valence-electron chi connectivity index (χ3n) is 6.01. The van der Waals surface area contributed by atoms with Gasteiger partial charge in [-0.1, -0.05) is 43.5 Å². The molecule has 2 N–H and O–H groups in total. The lowest BCUT2D eigenvalue weighted by Gasteiger charge is -2.32. The Kier molecular flexibility index (Phi) is 7.01. The van der Waals surface area contributed by atoms with E-state index in [0.29, 0.717) is 17.4 Å². The molecule has 1 heterocycles. The summed E-state index contributed by atoms with van der Waals surface area (Å²) in [4.78, 5) is 12.5. The molecule has 168 valence electrons. The average molecular weight is 429 g/mol. The van der Waals surface area contributed by atoms with Crippen molar-refractivity contribution >= 4 is 18.5 Å². The van der Waals surface area contributed by atoms with E-state index in [1.54, 1.807) is 6.92 Å². The molecule has 0 saturated carbocycles. The highest BCUT2D eigenvalue weighted by atomic mass is 19.4. The van der Waals surface area contributed by atoms with Gasteiger partial charge in [0.25, 0.3) is 11.5 Å². The molecule has 1 aliphatic rings. The van der Waals surface area contributed by atoms with Crippen LogP contribution < -0.4 is 10.8 Å². The second-order valence-electron chi connectivity index (χ2n) is 8.83. The molecule has 1 amide bonds. The largest absolute Gasteiger partial charge is 0.495 e. The monoisotopic (exact) mass is 429 g/mol. The molecule has 1 saturated heterocycles. The van der Waals surface area contributed by atoms with E-state index in [0.717, 1.165) is 25.0 Å². The number of carbonyl (C=O) groups is 1. The molecule has 9 heteroatoms. The van der Waals surface area contributed by atoms with Crippen LogP contribution in [0.2, 0.25) is 0 Å². The Morgan fingerprint density at radius 1 is 1.13 bits per heavy atom. The number of amides is 1. The quantitative estimate of drug-likeness (QED) is 0.516. The molecule has 0 spiro atoms. The number of aliphatic hydroxyl groups is 1. The first-order valence-corrected chi connectivity index (χ1v) is 10.2. The minimum atomic E-state index is -5.20. The van der Waals surface area contributed by atoms with Crippen LogP contribution in [0.4, 0.5) is 13.2 Å². The van der Waals surface area contributed by atoms with E-state index in [4.69, 9.17) is 9.31 Å². The van der Waals surface area contributed by atoms with Gasteiger partial charge in [-0.3, -0.25) is 4.79 Å². The number of halogens is 3. The summed E-state index contributed by atoms with van der Waals surface area (Å²) in [5, 5.41) is 12.8. The first-order chi connectivity index (χ1) is 13.7. The van der Waals surface area contributed by atoms with Crippen molar-refractivity contribution in [2.24, 2.45) is 0 Å². The van der Waals surface area contributed by atoms with Gasteiger partial charge in [0.15, 0.2) is 0 Å². The number of hydrogen-bond donors (Lipinski definition) is 2. The summed E-state index contributed by atoms with van der Waals surface area (Å²) in [6.45, 7) is 11.0. The Morgan fingerprint density at radius 3 is 2.20 bits per heavy atom. The summed E-state index contributed by atoms with van der Waals surface area (Å²) >= 11 is 0. The first kappa shape index (κ1) is 24.7. The van der Waals surface area contributed by atoms with Crippen molar-refractivity contribution in [2.75, 3.05) is 6.54 Å². The molecule has 0 radical (unpaired) electrons. The minimum absolute atomic E-state index is 0.0566. The summed E-state index contributed by atoms with van der Waals surface area (Å²) in [5.74, 6) is -1.49. The van der Waals surface area contributed by atoms with E-state index in [-0.39, 0.29) is 6.54 Å². The van der Waals surface area contributed by atoms with Gasteiger partial charge in [-0.15, -0.1) is 0 Å². The first-order valence-electron chi connectivity index (χ1n) is 10.2. The van der Waals surface area contributed by atoms with Gasteiger partial charge in [0.2, 0.25) is 0 Å². The standard InChI is InChI=1S/C21H31BF3NO4/c1-7-8-9-12-26-17(27)20(28,21(23,24)25)15-11-10-14(2)16(13-15)22-29-18(3,4)19(5,6)30-22/h10-11,13,28H,7-9,12H2,1-6H3,(H,26,27). The molecule has 5 nitrogen and oxygen atoms in total. The third kappa shape index (κ3) is 4.53. The Labute approximate surface area is 176 Å². The van der Waals surface area contributed by atoms with E-state index in [9.17, 15) is 23.1 Å². The number of benzene rings is 1. The van der Waals surface area contributed by atoms with E-state index >= 15 is 0 Å². The van der Waals surface area contributed by atoms with Crippen molar-refractivity contribution in [3.05, 3.63) is 29.3 Å². The van der Waals surface area contributed by atoms with Crippen molar-refractivity contribution in [3.8, 4) is 0 Å². The van der Waals surface area contributed by atoms with E-state index in [2.05, 4.69) is 5.32 Å². The maximum atomic E-state index is 13.9. The van der Waals surface area contributed by atoms with Crippen molar-refractivity contribution in [3.63, 3.8) is 0 Å². The van der Waals surface area contributed by atoms with Crippen molar-refractivity contribution in [2.45, 2.75) is 83.8 Å². The molecule has 2 rings (SSSR count). The molecule has 0 aliphatic carbocycles. The molecule has 1 fully saturated rings. The lowest BCUT2D eigenvalue weighted by atomic mass is 9.74. The molecule has 1 aromatic rings. The lowest BCUT2D eigenvalue weighted by molar-refractivity contribution is -0.257. The fourth-order valence-electron chi connectivity index (χ4n) is 3.22. The smallest absolute Gasteiger partial charge is 0.399 e. The van der Waals surface area contributed by atoms with Crippen LogP contribution in [-0.2, 0) is 19.7 Å². The minimum Gasteiger partial charge on any atom is -0.399 e. The van der Waals surface area contributed by atoms with E-state index < -0.39 is 41.6 Å². The number of aryl methyl sites for hydroxylation is 1. The Hall–Kier alpha value is -1.58. The van der Waals surface area contributed by atoms with Gasteiger partial charge in [0.05, 0.1) is 11.2 Å². The predicted molar refractivity (Wildman–Crippen MR) is 109 cm³/mol. The van der Waals surface area contributed by atoms with Gasteiger partial charge >= 0.3 is 13.3 Å². The second-order valence-corrected chi connectivity index (χ2v) is 8.83. The van der Waals surface area contributed by atoms with Crippen LogP contribution in [0.3, 0.4) is 0 Å². The van der Waals surface area contributed by atoms with Crippen molar-refractivity contribution in [1.82, 2.24) is 5.32 Å². The Morgan fingerprint density at radius 2 is 1.70 bits per heavy atom. The van der Waals surface area contributed by atoms with Gasteiger partial charge in [0.1, 0.15) is 0 Å². The highest BCUT2D eigenvalue weighted by molar-refractivity contribution is 6.62. The van der Waals surface area contributed by atoms with Crippen LogP contribution in [0.25, 0.3) is 0 Å². The zero-order valence-electron chi connectivity index (χ0n) is 18.4. The zero-order valence-corrected chi connectivity index (χ0v) is 18.4. The zero-order chi connectivity index (χ0) is 23.0. The number of alkyl halides is 3. The Bertz CT molecular complexity index is 766. The van der Waals surface area contributed by atoms with Gasteiger partial charge in [0, 0.05) is 12.1 Å². The number of carbonyl (C=O) groups excluding carboxylic acids is 1. The summed E-state index contributed by atoms with van der Waals surface area (Å²) in [7, 11) is -0.917. The Balaban J connectivity index is 2.42. The van der Waals surface area contributed by atoms with Gasteiger partial charge in [-0.05, 0) is 46.5 Å². The van der Waals surface area contributed by atoms with E-state index in [1.807, 2.05) is 34.6 Å². The topological polar surface area (TPSA) is 67.8 Å². The molecule has 1 atom stereocenters. The molecule has 1 aliphatic heterocycles. The fourth-order valence-corrected chi connectivity index (χ4v) is 3.22. The number of unbranched alkanes of at least 4 members (excludes halogenated alkanes) is 2. The maximum absolute atomic E-state index is 13.9. The third-order valence-corrected chi connectivity index (χ3v) is 6.01. The highest BCUT2D eigenvalue weighted by Gasteiger charge is 2.61. The van der Waals surface area contributed by atoms with E-state index in [1.165, 1.54) is 6.07 Å². The van der Waals surface area contributed by atoms with Gasteiger partial charge in [-0.2, -0.15) is 13.2 Å². The molecule has 0 aromatic heterocycles. The van der Waals surface area contributed by atoms with Crippen molar-refractivity contribution < 1.29 is 32.4 Å². The molecular formula is C21H31BF3NO4. The van der Waals surface area contributed by atoms with Crippen molar-refractivity contribution in [1.29, 1.82) is 0 Å². The summed E-state index contributed by atoms with van der Waals surface area (Å²) in [6, 6.07) is 3.69. The molecule has 1 aromatic carbocycles. The number of hydrogen-bond acceptors (Lipinski definition) is 4. The number of nitrogens with one attached hydrogen (secondary N) is 1. The fraction of sp³-hybridized carbons (Fsp3) is 0.667. The lowest BCUT2D eigenvalue weighted by Crippen LogP contribution is -2.55. The molecule has 0 bridgehead atoms. The van der Waals surface area contributed by atoms with Crippen LogP contribution in [0, 0.1) is 6.92 Å². The molecule has 30 heavy (non-hydrogen) atoms. The van der Waals surface area contributed by atoms with Gasteiger partial charge < -0.3 is 19.7 Å². The van der Waals surface area contributed by atoms with Crippen LogP contribution in [0.5, 0.6) is 0 Å². The van der Waals surface area contributed by atoms with Crippen LogP contribution >= 0.6 is 0 Å². The highest BCUT2D eigenvalue weighted by Crippen LogP contribution is 2.40. The van der Waals surface area contributed by atoms with Crippen LogP contribution in [0.1, 0.15) is 65.0 Å². The SMILES string of the molecule is CCCCCNC(=O)C(O)(c1ccc(C)c(B2OC(C)(C)C(C)(C)O2)c1)C(F)(F)F. The number of rotatable bonds is 7.